The minimum absolute atomic E-state index is 0.246. The Labute approximate surface area is 207 Å². The quantitative estimate of drug-likeness (QED) is 0.328. The van der Waals surface area contributed by atoms with E-state index in [1.165, 1.54) is 48.5 Å². The van der Waals surface area contributed by atoms with E-state index in [2.05, 4.69) is 0 Å². The Kier molecular flexibility index (Phi) is 5.66. The zero-order chi connectivity index (χ0) is 27.6. The van der Waals surface area contributed by atoms with Gasteiger partial charge in [0.15, 0.2) is 0 Å². The fourth-order valence-corrected chi connectivity index (χ4v) is 4.72. The average molecular weight is 532 g/mol. The van der Waals surface area contributed by atoms with Gasteiger partial charge in [-0.25, -0.2) is 0 Å². The SMILES string of the molecule is O=c1c2c(C(F)(F)F)c3c(=O)n(Cc4ccccc4)c(=O)c3c(C(F)(F)F)c2c(=O)n1Cc1ccccc1. The lowest BCUT2D eigenvalue weighted by Crippen LogP contribution is -2.28. The van der Waals surface area contributed by atoms with Crippen LogP contribution in [0.4, 0.5) is 26.3 Å². The molecule has 2 heterocycles. The van der Waals surface area contributed by atoms with Gasteiger partial charge in [0.05, 0.1) is 45.8 Å². The molecule has 5 rings (SSSR count). The smallest absolute Gasteiger partial charge is 0.270 e. The fraction of sp³-hybridized carbons (Fsp3) is 0.154. The predicted octanol–water partition coefficient (Wildman–Crippen LogP) is 4.05. The van der Waals surface area contributed by atoms with Gasteiger partial charge in [-0.3, -0.25) is 28.3 Å². The molecule has 0 spiro atoms. The minimum atomic E-state index is -5.55. The van der Waals surface area contributed by atoms with Gasteiger partial charge in [-0.2, -0.15) is 26.3 Å². The van der Waals surface area contributed by atoms with E-state index in [9.17, 15) is 45.5 Å². The maximum absolute atomic E-state index is 14.4. The van der Waals surface area contributed by atoms with E-state index in [1.807, 2.05) is 0 Å². The molecule has 5 aromatic rings. The summed E-state index contributed by atoms with van der Waals surface area (Å²) < 4.78 is 86.8. The van der Waals surface area contributed by atoms with Crippen molar-refractivity contribution in [2.24, 2.45) is 0 Å². The molecular weight excluding hydrogens is 518 g/mol. The van der Waals surface area contributed by atoms with Crippen LogP contribution in [-0.4, -0.2) is 9.13 Å². The lowest BCUT2D eigenvalue weighted by Gasteiger charge is -2.13. The van der Waals surface area contributed by atoms with Crippen molar-refractivity contribution in [3.8, 4) is 0 Å². The summed E-state index contributed by atoms with van der Waals surface area (Å²) >= 11 is 0. The van der Waals surface area contributed by atoms with Gasteiger partial charge in [0.2, 0.25) is 0 Å². The minimum Gasteiger partial charge on any atom is -0.270 e. The molecule has 194 valence electrons. The molecule has 12 heteroatoms. The van der Waals surface area contributed by atoms with Gasteiger partial charge in [-0.05, 0) is 11.1 Å². The molecule has 0 aliphatic rings. The topological polar surface area (TPSA) is 78.1 Å². The van der Waals surface area contributed by atoms with Crippen LogP contribution in [-0.2, 0) is 25.4 Å². The van der Waals surface area contributed by atoms with Crippen LogP contribution in [0.25, 0.3) is 21.5 Å². The van der Waals surface area contributed by atoms with Crippen molar-refractivity contribution in [3.63, 3.8) is 0 Å². The number of nitrogens with zero attached hydrogens (tertiary/aromatic N) is 2. The zero-order valence-electron chi connectivity index (χ0n) is 19.0. The molecule has 38 heavy (non-hydrogen) atoms. The summed E-state index contributed by atoms with van der Waals surface area (Å²) in [7, 11) is 0. The molecule has 0 saturated carbocycles. The lowest BCUT2D eigenvalue weighted by molar-refractivity contribution is -0.137. The number of hydrogen-bond acceptors (Lipinski definition) is 4. The van der Waals surface area contributed by atoms with Crippen molar-refractivity contribution < 1.29 is 26.3 Å². The molecule has 0 fully saturated rings. The normalized spacial score (nSPS) is 12.6. The highest BCUT2D eigenvalue weighted by Gasteiger charge is 2.46. The van der Waals surface area contributed by atoms with Crippen LogP contribution < -0.4 is 22.2 Å². The molecule has 0 radical (unpaired) electrons. The molecule has 0 aliphatic carbocycles. The first-order chi connectivity index (χ1) is 17.8. The highest BCUT2D eigenvalue weighted by molar-refractivity contribution is 6.06. The average Bonchev–Trinajstić information content (AvgIpc) is 3.23. The van der Waals surface area contributed by atoms with Crippen molar-refractivity contribution in [1.82, 2.24) is 9.13 Å². The maximum atomic E-state index is 14.4. The number of rotatable bonds is 4. The van der Waals surface area contributed by atoms with Gasteiger partial charge in [0, 0.05) is 0 Å². The van der Waals surface area contributed by atoms with Gasteiger partial charge in [0.1, 0.15) is 0 Å². The summed E-state index contributed by atoms with van der Waals surface area (Å²) in [6.07, 6.45) is -11.1. The molecule has 3 aromatic carbocycles. The number of fused-ring (bicyclic) bond motifs is 2. The monoisotopic (exact) mass is 532 g/mol. The highest BCUT2D eigenvalue weighted by Crippen LogP contribution is 2.43. The Morgan fingerprint density at radius 1 is 0.474 bits per heavy atom. The summed E-state index contributed by atoms with van der Waals surface area (Å²) in [5, 5.41) is -6.36. The van der Waals surface area contributed by atoms with E-state index >= 15 is 0 Å². The fourth-order valence-electron chi connectivity index (χ4n) is 4.72. The molecule has 0 N–H and O–H groups in total. The van der Waals surface area contributed by atoms with E-state index in [4.69, 9.17) is 0 Å². The zero-order valence-corrected chi connectivity index (χ0v) is 19.0. The molecule has 0 saturated heterocycles. The molecule has 0 unspecified atom stereocenters. The Bertz CT molecular complexity index is 1690. The van der Waals surface area contributed by atoms with Gasteiger partial charge in [-0.1, -0.05) is 60.7 Å². The van der Waals surface area contributed by atoms with E-state index in [1.54, 1.807) is 12.1 Å². The Balaban J connectivity index is 1.99. The second-order valence-electron chi connectivity index (χ2n) is 8.61. The van der Waals surface area contributed by atoms with Crippen molar-refractivity contribution >= 4 is 21.5 Å². The van der Waals surface area contributed by atoms with Crippen LogP contribution in [0.5, 0.6) is 0 Å². The number of hydrogen-bond donors (Lipinski definition) is 0. The van der Waals surface area contributed by atoms with E-state index in [0.29, 0.717) is 0 Å². The summed E-state index contributed by atoms with van der Waals surface area (Å²) in [4.78, 5) is 52.6. The van der Waals surface area contributed by atoms with E-state index < -0.39 is 80.4 Å². The molecule has 0 atom stereocenters. The highest BCUT2D eigenvalue weighted by atomic mass is 19.4. The Morgan fingerprint density at radius 3 is 0.974 bits per heavy atom. The van der Waals surface area contributed by atoms with Crippen molar-refractivity contribution in [2.75, 3.05) is 0 Å². The molecule has 0 amide bonds. The van der Waals surface area contributed by atoms with Crippen LogP contribution in [0.15, 0.2) is 79.8 Å². The third-order valence-electron chi connectivity index (χ3n) is 6.27. The van der Waals surface area contributed by atoms with Gasteiger partial charge in [-0.15, -0.1) is 0 Å². The third-order valence-corrected chi connectivity index (χ3v) is 6.27. The molecule has 0 bridgehead atoms. The number of aromatic nitrogens is 2. The van der Waals surface area contributed by atoms with Crippen molar-refractivity contribution in [3.05, 3.63) is 124 Å². The van der Waals surface area contributed by atoms with Gasteiger partial charge < -0.3 is 0 Å². The van der Waals surface area contributed by atoms with Crippen LogP contribution in [0.3, 0.4) is 0 Å². The number of halogens is 6. The summed E-state index contributed by atoms with van der Waals surface area (Å²) in [5.41, 5.74) is -10.1. The van der Waals surface area contributed by atoms with Crippen molar-refractivity contribution in [2.45, 2.75) is 25.4 Å². The van der Waals surface area contributed by atoms with Crippen molar-refractivity contribution in [1.29, 1.82) is 0 Å². The second-order valence-corrected chi connectivity index (χ2v) is 8.61. The number of benzene rings is 3. The maximum Gasteiger partial charge on any atom is 0.418 e. The first kappa shape index (κ1) is 25.2. The molecule has 2 aromatic heterocycles. The first-order valence-electron chi connectivity index (χ1n) is 11.0. The van der Waals surface area contributed by atoms with Crippen LogP contribution in [0, 0.1) is 0 Å². The summed E-state index contributed by atoms with van der Waals surface area (Å²) in [6, 6.07) is 14.9. The predicted molar refractivity (Wildman–Crippen MR) is 126 cm³/mol. The first-order valence-corrected chi connectivity index (χ1v) is 11.0. The number of alkyl halides is 6. The second kappa shape index (κ2) is 8.54. The summed E-state index contributed by atoms with van der Waals surface area (Å²) in [5.74, 6) is 0. The largest absolute Gasteiger partial charge is 0.418 e. The van der Waals surface area contributed by atoms with Gasteiger partial charge in [0.25, 0.3) is 22.2 Å². The Hall–Kier alpha value is -4.48. The van der Waals surface area contributed by atoms with Crippen LogP contribution in [0.1, 0.15) is 22.3 Å². The van der Waals surface area contributed by atoms with E-state index in [0.717, 1.165) is 0 Å². The molecule has 0 aliphatic heterocycles. The van der Waals surface area contributed by atoms with Crippen LogP contribution in [0.2, 0.25) is 0 Å². The lowest BCUT2D eigenvalue weighted by atomic mass is 9.96. The Morgan fingerprint density at radius 2 is 0.737 bits per heavy atom. The van der Waals surface area contributed by atoms with Crippen LogP contribution >= 0.6 is 0 Å². The van der Waals surface area contributed by atoms with Gasteiger partial charge >= 0.3 is 12.4 Å². The molecule has 6 nitrogen and oxygen atoms in total. The standard InChI is InChI=1S/C26H14F6N2O4/c27-25(28,29)19-15-16(22(36)33(21(15)35)11-13-7-3-1-4-8-13)20(26(30,31)32)18-17(19)23(37)34(24(18)38)12-14-9-5-2-6-10-14/h1-10H,11-12H2. The van der Waals surface area contributed by atoms with E-state index in [-0.39, 0.29) is 20.3 Å². The third kappa shape index (κ3) is 3.83. The summed E-state index contributed by atoms with van der Waals surface area (Å²) in [6.45, 7) is -1.23. The molecular formula is C26H14F6N2O4.